The molecule has 1 aliphatic rings. The second-order valence-corrected chi connectivity index (χ2v) is 7.45. The highest BCUT2D eigenvalue weighted by atomic mass is 35.5. The van der Waals surface area contributed by atoms with Crippen LogP contribution in [0.15, 0.2) is 60.8 Å². The fourth-order valence-corrected chi connectivity index (χ4v) is 3.58. The van der Waals surface area contributed by atoms with E-state index in [-0.39, 0.29) is 22.9 Å². The van der Waals surface area contributed by atoms with Crippen LogP contribution in [0.3, 0.4) is 0 Å². The van der Waals surface area contributed by atoms with Gasteiger partial charge < -0.3 is 10.2 Å². The van der Waals surface area contributed by atoms with E-state index >= 15 is 0 Å². The minimum absolute atomic E-state index is 0.0630. The number of rotatable bonds is 3. The van der Waals surface area contributed by atoms with Crippen LogP contribution >= 0.6 is 11.6 Å². The van der Waals surface area contributed by atoms with Gasteiger partial charge in [0.15, 0.2) is 5.78 Å². The molecule has 0 spiro atoms. The Morgan fingerprint density at radius 3 is 2.65 bits per heavy atom. The van der Waals surface area contributed by atoms with Gasteiger partial charge in [-0.15, -0.1) is 0 Å². The standard InChI is InChI=1S/C23H17ClFN3O3/c24-14-7-10-20-17(12-14)21(29)6-3-11-28(20)23(31)19-9-8-15(13-26-19)27-22(30)16-4-1-2-5-18(16)25/h1-2,4-5,7-10,12-13H,3,6,11H2,(H,27,30). The van der Waals surface area contributed by atoms with Gasteiger partial charge in [0.2, 0.25) is 0 Å². The molecule has 0 aliphatic carbocycles. The summed E-state index contributed by atoms with van der Waals surface area (Å²) in [7, 11) is 0. The molecule has 3 aromatic rings. The summed E-state index contributed by atoms with van der Waals surface area (Å²) in [5.41, 5.74) is 1.29. The molecule has 156 valence electrons. The van der Waals surface area contributed by atoms with Crippen molar-refractivity contribution in [1.82, 2.24) is 4.98 Å². The second kappa shape index (κ2) is 8.65. The van der Waals surface area contributed by atoms with Crippen molar-refractivity contribution >= 4 is 40.6 Å². The topological polar surface area (TPSA) is 79.4 Å². The fourth-order valence-electron chi connectivity index (χ4n) is 3.41. The molecule has 0 saturated heterocycles. The zero-order valence-corrected chi connectivity index (χ0v) is 17.0. The predicted molar refractivity (Wildman–Crippen MR) is 115 cm³/mol. The molecule has 0 fully saturated rings. The highest BCUT2D eigenvalue weighted by Crippen LogP contribution is 2.30. The van der Waals surface area contributed by atoms with Crippen LogP contribution in [0, 0.1) is 5.82 Å². The first-order chi connectivity index (χ1) is 14.9. The summed E-state index contributed by atoms with van der Waals surface area (Å²) in [4.78, 5) is 43.4. The molecule has 2 heterocycles. The number of nitrogens with zero attached hydrogens (tertiary/aromatic N) is 2. The van der Waals surface area contributed by atoms with Gasteiger partial charge in [0.1, 0.15) is 11.5 Å². The van der Waals surface area contributed by atoms with Crippen LogP contribution in [0.25, 0.3) is 0 Å². The van der Waals surface area contributed by atoms with Crippen molar-refractivity contribution in [2.24, 2.45) is 0 Å². The number of halogens is 2. The fraction of sp³-hybridized carbons (Fsp3) is 0.130. The Bertz CT molecular complexity index is 1180. The molecule has 4 rings (SSSR count). The Morgan fingerprint density at radius 1 is 1.10 bits per heavy atom. The number of carbonyl (C=O) groups excluding carboxylic acids is 3. The summed E-state index contributed by atoms with van der Waals surface area (Å²) >= 11 is 6.03. The van der Waals surface area contributed by atoms with Gasteiger partial charge in [-0.1, -0.05) is 23.7 Å². The molecule has 1 aliphatic heterocycles. The molecule has 0 atom stereocenters. The molecule has 6 nitrogen and oxygen atoms in total. The number of pyridine rings is 1. The van der Waals surface area contributed by atoms with Gasteiger partial charge in [-0.25, -0.2) is 9.37 Å². The monoisotopic (exact) mass is 437 g/mol. The van der Waals surface area contributed by atoms with E-state index in [1.165, 1.54) is 41.4 Å². The summed E-state index contributed by atoms with van der Waals surface area (Å²) in [6.07, 6.45) is 2.18. The average Bonchev–Trinajstić information content (AvgIpc) is 2.92. The Kier molecular flexibility index (Phi) is 5.77. The molecule has 8 heteroatoms. The van der Waals surface area contributed by atoms with Crippen LogP contribution in [0.2, 0.25) is 5.02 Å². The zero-order chi connectivity index (χ0) is 22.0. The van der Waals surface area contributed by atoms with Gasteiger partial charge in [-0.3, -0.25) is 14.4 Å². The van der Waals surface area contributed by atoms with Crippen molar-refractivity contribution in [1.29, 1.82) is 0 Å². The molecule has 0 radical (unpaired) electrons. The lowest BCUT2D eigenvalue weighted by Gasteiger charge is -2.22. The third-order valence-electron chi connectivity index (χ3n) is 4.94. The number of hydrogen-bond donors (Lipinski definition) is 1. The van der Waals surface area contributed by atoms with E-state index in [1.54, 1.807) is 24.3 Å². The Hall–Kier alpha value is -3.58. The number of hydrogen-bond acceptors (Lipinski definition) is 4. The minimum Gasteiger partial charge on any atom is -0.320 e. The Morgan fingerprint density at radius 2 is 1.90 bits per heavy atom. The molecule has 0 unspecified atom stereocenters. The third-order valence-corrected chi connectivity index (χ3v) is 5.17. The van der Waals surface area contributed by atoms with Crippen molar-refractivity contribution in [2.75, 3.05) is 16.8 Å². The largest absolute Gasteiger partial charge is 0.320 e. The van der Waals surface area contributed by atoms with Gasteiger partial charge in [-0.05, 0) is 48.9 Å². The SMILES string of the molecule is O=C(Nc1ccc(C(=O)N2CCCC(=O)c3cc(Cl)ccc32)nc1)c1ccccc1F. The number of fused-ring (bicyclic) bond motifs is 1. The second-order valence-electron chi connectivity index (χ2n) is 7.01. The average molecular weight is 438 g/mol. The summed E-state index contributed by atoms with van der Waals surface area (Å²) in [6, 6.07) is 13.5. The van der Waals surface area contributed by atoms with E-state index in [1.807, 2.05) is 0 Å². The summed E-state index contributed by atoms with van der Waals surface area (Å²) < 4.78 is 13.8. The van der Waals surface area contributed by atoms with Crippen LogP contribution in [-0.2, 0) is 0 Å². The van der Waals surface area contributed by atoms with Crippen molar-refractivity contribution in [3.8, 4) is 0 Å². The maximum atomic E-state index is 13.8. The maximum Gasteiger partial charge on any atom is 0.276 e. The molecule has 31 heavy (non-hydrogen) atoms. The number of benzene rings is 2. The van der Waals surface area contributed by atoms with Crippen LogP contribution in [0.4, 0.5) is 15.8 Å². The van der Waals surface area contributed by atoms with E-state index < -0.39 is 11.7 Å². The Balaban J connectivity index is 1.55. The number of Topliss-reactive ketones (excluding diaryl/α,β-unsaturated/α-hetero) is 1. The van der Waals surface area contributed by atoms with Gasteiger partial charge >= 0.3 is 0 Å². The quantitative estimate of drug-likeness (QED) is 0.641. The van der Waals surface area contributed by atoms with Crippen LogP contribution < -0.4 is 10.2 Å². The number of ketones is 1. The first kappa shape index (κ1) is 20.7. The van der Waals surface area contributed by atoms with Gasteiger partial charge in [0.25, 0.3) is 11.8 Å². The van der Waals surface area contributed by atoms with E-state index in [9.17, 15) is 18.8 Å². The van der Waals surface area contributed by atoms with Crippen LogP contribution in [0.5, 0.6) is 0 Å². The van der Waals surface area contributed by atoms with E-state index in [2.05, 4.69) is 10.3 Å². The Labute approximate surface area is 182 Å². The molecular formula is C23H17ClFN3O3. The predicted octanol–water partition coefficient (Wildman–Crippen LogP) is 4.75. The number of amides is 2. The smallest absolute Gasteiger partial charge is 0.276 e. The van der Waals surface area contributed by atoms with Crippen molar-refractivity contribution in [3.63, 3.8) is 0 Å². The first-order valence-corrected chi connectivity index (χ1v) is 9.98. The summed E-state index contributed by atoms with van der Waals surface area (Å²) in [5, 5.41) is 2.98. The van der Waals surface area contributed by atoms with E-state index in [0.29, 0.717) is 41.3 Å². The number of carbonyl (C=O) groups is 3. The van der Waals surface area contributed by atoms with Crippen molar-refractivity contribution in [3.05, 3.63) is 88.5 Å². The number of anilines is 2. The lowest BCUT2D eigenvalue weighted by atomic mass is 10.1. The summed E-state index contributed by atoms with van der Waals surface area (Å²) in [6.45, 7) is 0.368. The van der Waals surface area contributed by atoms with Crippen molar-refractivity contribution < 1.29 is 18.8 Å². The highest BCUT2D eigenvalue weighted by Gasteiger charge is 2.27. The molecular weight excluding hydrogens is 421 g/mol. The van der Waals surface area contributed by atoms with E-state index in [0.717, 1.165) is 0 Å². The third kappa shape index (κ3) is 4.32. The lowest BCUT2D eigenvalue weighted by molar-refractivity contribution is 0.0971. The molecule has 2 amide bonds. The summed E-state index contributed by atoms with van der Waals surface area (Å²) in [5.74, 6) is -1.68. The molecule has 2 aromatic carbocycles. The van der Waals surface area contributed by atoms with Crippen LogP contribution in [-0.4, -0.2) is 29.1 Å². The first-order valence-electron chi connectivity index (χ1n) is 9.60. The number of nitrogens with one attached hydrogen (secondary N) is 1. The molecule has 1 aromatic heterocycles. The number of aromatic nitrogens is 1. The van der Waals surface area contributed by atoms with Gasteiger partial charge in [0.05, 0.1) is 23.1 Å². The van der Waals surface area contributed by atoms with Gasteiger partial charge in [-0.2, -0.15) is 0 Å². The minimum atomic E-state index is -0.630. The lowest BCUT2D eigenvalue weighted by Crippen LogP contribution is -2.32. The zero-order valence-electron chi connectivity index (χ0n) is 16.3. The molecule has 1 N–H and O–H groups in total. The van der Waals surface area contributed by atoms with Gasteiger partial charge in [0, 0.05) is 23.6 Å². The van der Waals surface area contributed by atoms with Crippen molar-refractivity contribution in [2.45, 2.75) is 12.8 Å². The molecule has 0 bridgehead atoms. The molecule has 0 saturated carbocycles. The maximum absolute atomic E-state index is 13.8. The normalized spacial score (nSPS) is 13.4. The highest BCUT2D eigenvalue weighted by molar-refractivity contribution is 6.31. The van der Waals surface area contributed by atoms with E-state index in [4.69, 9.17) is 11.6 Å². The van der Waals surface area contributed by atoms with Crippen LogP contribution in [0.1, 0.15) is 44.0 Å².